The topological polar surface area (TPSA) is 54.1 Å². The number of hydrogen-bond donors (Lipinski definition) is 0. The van der Waals surface area contributed by atoms with Crippen LogP contribution in [0.1, 0.15) is 33.4 Å². The van der Waals surface area contributed by atoms with Crippen molar-refractivity contribution < 1.29 is 0 Å². The van der Waals surface area contributed by atoms with Gasteiger partial charge in [-0.15, -0.1) is 0 Å². The second-order valence-corrected chi connectivity index (χ2v) is 13.5. The molecule has 0 N–H and O–H groups in total. The van der Waals surface area contributed by atoms with E-state index in [4.69, 9.17) is 0 Å². The largest absolute Gasteiger partial charge is 0.310 e. The smallest absolute Gasteiger partial charge is 0.0991 e. The van der Waals surface area contributed by atoms with Crippen LogP contribution >= 0.6 is 0 Å². The fraction of sp³-hybridized carbons (Fsp3) is 0.0196. The molecule has 4 heteroatoms. The van der Waals surface area contributed by atoms with Gasteiger partial charge in [0.2, 0.25) is 0 Å². The summed E-state index contributed by atoms with van der Waals surface area (Å²) in [7, 11) is 0. The maximum Gasteiger partial charge on any atom is 0.0991 e. The van der Waals surface area contributed by atoms with E-state index in [-0.39, 0.29) is 0 Å². The van der Waals surface area contributed by atoms with E-state index in [1.54, 1.807) is 0 Å². The summed E-state index contributed by atoms with van der Waals surface area (Å²) in [6.07, 6.45) is 0. The zero-order valence-corrected chi connectivity index (χ0v) is 29.9. The van der Waals surface area contributed by atoms with E-state index in [1.165, 1.54) is 22.3 Å². The van der Waals surface area contributed by atoms with Crippen molar-refractivity contribution in [2.75, 3.05) is 9.80 Å². The van der Waals surface area contributed by atoms with Gasteiger partial charge in [0.1, 0.15) is 0 Å². The monoisotopic (exact) mass is 702 g/mol. The molecule has 9 rings (SSSR count). The second kappa shape index (κ2) is 14.1. The fourth-order valence-electron chi connectivity index (χ4n) is 8.29. The van der Waals surface area contributed by atoms with Crippen molar-refractivity contribution in [2.45, 2.75) is 5.41 Å². The molecular weight excluding hydrogens is 669 g/mol. The molecule has 0 atom stereocenters. The van der Waals surface area contributed by atoms with Crippen molar-refractivity contribution in [2.24, 2.45) is 0 Å². The molecule has 0 aliphatic heterocycles. The van der Waals surface area contributed by atoms with Crippen LogP contribution < -0.4 is 9.80 Å². The highest BCUT2D eigenvalue weighted by molar-refractivity contribution is 6.03. The van der Waals surface area contributed by atoms with Crippen LogP contribution in [0.4, 0.5) is 34.1 Å². The van der Waals surface area contributed by atoms with Crippen LogP contribution in [-0.4, -0.2) is 0 Å². The highest BCUT2D eigenvalue weighted by Gasteiger charge is 2.48. The van der Waals surface area contributed by atoms with Crippen molar-refractivity contribution in [3.8, 4) is 23.3 Å². The summed E-state index contributed by atoms with van der Waals surface area (Å²) in [4.78, 5) is 4.61. The van der Waals surface area contributed by atoms with E-state index in [0.29, 0.717) is 11.1 Å². The van der Waals surface area contributed by atoms with E-state index in [0.717, 1.165) is 45.3 Å². The van der Waals surface area contributed by atoms with Crippen molar-refractivity contribution in [1.29, 1.82) is 10.5 Å². The van der Waals surface area contributed by atoms with E-state index in [9.17, 15) is 10.5 Å². The lowest BCUT2D eigenvalue weighted by molar-refractivity contribution is 0.768. The van der Waals surface area contributed by atoms with Gasteiger partial charge in [-0.2, -0.15) is 10.5 Å². The molecule has 0 spiro atoms. The quantitative estimate of drug-likeness (QED) is 0.158. The zero-order chi connectivity index (χ0) is 37.2. The van der Waals surface area contributed by atoms with Crippen LogP contribution in [0.3, 0.4) is 0 Å². The predicted molar refractivity (Wildman–Crippen MR) is 223 cm³/mol. The minimum absolute atomic E-state index is 0.607. The van der Waals surface area contributed by atoms with Crippen LogP contribution in [0.2, 0.25) is 0 Å². The van der Waals surface area contributed by atoms with E-state index >= 15 is 0 Å². The summed E-state index contributed by atoms with van der Waals surface area (Å²) in [5.74, 6) is 0. The molecule has 1 aliphatic rings. The Balaban J connectivity index is 1.44. The fourth-order valence-corrected chi connectivity index (χ4v) is 8.29. The summed E-state index contributed by atoms with van der Waals surface area (Å²) in [5.41, 5.74) is 13.4. The number of anilines is 6. The SMILES string of the molecule is N#Cc1ccc(N(c2ccccc2)c2cccc3c2-c2c(N(c4ccccc4)c4ccc(C#N)cc4)cccc2C3(c2ccccc2)c2ccccc2)cc1. The average molecular weight is 703 g/mol. The van der Waals surface area contributed by atoms with Crippen molar-refractivity contribution in [1.82, 2.24) is 0 Å². The minimum Gasteiger partial charge on any atom is -0.310 e. The van der Waals surface area contributed by atoms with Gasteiger partial charge in [-0.05, 0) is 107 Å². The number of rotatable bonds is 8. The molecule has 8 aromatic rings. The van der Waals surface area contributed by atoms with E-state index in [1.807, 2.05) is 60.7 Å². The molecule has 0 unspecified atom stereocenters. The lowest BCUT2D eigenvalue weighted by Crippen LogP contribution is -2.28. The van der Waals surface area contributed by atoms with Gasteiger partial charge in [0, 0.05) is 33.9 Å². The van der Waals surface area contributed by atoms with Gasteiger partial charge in [0.25, 0.3) is 0 Å². The molecule has 0 radical (unpaired) electrons. The van der Waals surface area contributed by atoms with Crippen LogP contribution in [0.15, 0.2) is 206 Å². The Kier molecular flexibility index (Phi) is 8.48. The molecule has 0 heterocycles. The molecule has 1 aliphatic carbocycles. The number of fused-ring (bicyclic) bond motifs is 3. The van der Waals surface area contributed by atoms with Gasteiger partial charge in [-0.3, -0.25) is 0 Å². The lowest BCUT2D eigenvalue weighted by Gasteiger charge is -2.34. The van der Waals surface area contributed by atoms with Gasteiger partial charge >= 0.3 is 0 Å². The maximum atomic E-state index is 9.73. The standard InChI is InChI=1S/C51H34N4/c52-35-37-27-31-43(32-28-37)54(41-19-9-3-10-20-41)47-25-13-23-45-49(47)50-46(51(45,39-15-5-1-6-16-39)40-17-7-2-8-18-40)24-14-26-48(50)55(42-21-11-4-12-22-42)44-33-29-38(36-53)30-34-44/h1-34H. The summed E-state index contributed by atoms with van der Waals surface area (Å²) in [5, 5.41) is 19.5. The summed E-state index contributed by atoms with van der Waals surface area (Å²) >= 11 is 0. The van der Waals surface area contributed by atoms with Gasteiger partial charge in [-0.25, -0.2) is 0 Å². The first-order valence-electron chi connectivity index (χ1n) is 18.3. The molecule has 0 bridgehead atoms. The number of nitrogens with zero attached hydrogens (tertiary/aromatic N) is 4. The molecular formula is C51H34N4. The number of nitriles is 2. The predicted octanol–water partition coefficient (Wildman–Crippen LogP) is 12.7. The van der Waals surface area contributed by atoms with E-state index < -0.39 is 5.41 Å². The van der Waals surface area contributed by atoms with Gasteiger partial charge in [0.05, 0.1) is 40.1 Å². The Labute approximate surface area is 321 Å². The first-order valence-corrected chi connectivity index (χ1v) is 18.3. The van der Waals surface area contributed by atoms with Crippen LogP contribution in [0.25, 0.3) is 11.1 Å². The van der Waals surface area contributed by atoms with Gasteiger partial charge < -0.3 is 9.80 Å². The molecule has 4 nitrogen and oxygen atoms in total. The molecule has 0 aromatic heterocycles. The lowest BCUT2D eigenvalue weighted by atomic mass is 9.67. The Morgan fingerprint density at radius 2 is 0.655 bits per heavy atom. The molecule has 8 aromatic carbocycles. The molecule has 258 valence electrons. The first-order chi connectivity index (χ1) is 27.2. The number of benzene rings is 8. The minimum atomic E-state index is -0.667. The third kappa shape index (κ3) is 5.53. The first kappa shape index (κ1) is 33.2. The Hall–Kier alpha value is -7.66. The van der Waals surface area contributed by atoms with Crippen LogP contribution in [0.5, 0.6) is 0 Å². The van der Waals surface area contributed by atoms with Crippen molar-refractivity contribution in [3.63, 3.8) is 0 Å². The van der Waals surface area contributed by atoms with Crippen molar-refractivity contribution in [3.05, 3.63) is 240 Å². The number of para-hydroxylation sites is 2. The Morgan fingerprint density at radius 3 is 1.00 bits per heavy atom. The third-order valence-electron chi connectivity index (χ3n) is 10.6. The van der Waals surface area contributed by atoms with E-state index in [2.05, 4.69) is 168 Å². The molecule has 0 fully saturated rings. The average Bonchev–Trinajstić information content (AvgIpc) is 3.58. The summed E-state index contributed by atoms with van der Waals surface area (Å²) in [6, 6.07) is 76.1. The number of hydrogen-bond acceptors (Lipinski definition) is 4. The molecule has 0 saturated carbocycles. The summed E-state index contributed by atoms with van der Waals surface area (Å²) in [6.45, 7) is 0. The maximum absolute atomic E-state index is 9.73. The highest BCUT2D eigenvalue weighted by atomic mass is 15.2. The molecule has 55 heavy (non-hydrogen) atoms. The Bertz CT molecular complexity index is 2500. The molecule has 0 amide bonds. The van der Waals surface area contributed by atoms with Gasteiger partial charge in [0.15, 0.2) is 0 Å². The van der Waals surface area contributed by atoms with Gasteiger partial charge in [-0.1, -0.05) is 121 Å². The van der Waals surface area contributed by atoms with Crippen LogP contribution in [-0.2, 0) is 5.41 Å². The zero-order valence-electron chi connectivity index (χ0n) is 29.9. The molecule has 0 saturated heterocycles. The summed E-state index contributed by atoms with van der Waals surface area (Å²) < 4.78 is 0. The Morgan fingerprint density at radius 1 is 0.327 bits per heavy atom. The van der Waals surface area contributed by atoms with Crippen LogP contribution in [0, 0.1) is 22.7 Å². The van der Waals surface area contributed by atoms with Crippen molar-refractivity contribution >= 4 is 34.1 Å². The normalized spacial score (nSPS) is 12.1. The highest BCUT2D eigenvalue weighted by Crippen LogP contribution is 2.62. The third-order valence-corrected chi connectivity index (χ3v) is 10.6. The second-order valence-electron chi connectivity index (χ2n) is 13.5.